The Morgan fingerprint density at radius 2 is 1.82 bits per heavy atom. The molecule has 3 heteroatoms. The van der Waals surface area contributed by atoms with Gasteiger partial charge in [-0.05, 0) is 36.1 Å². The van der Waals surface area contributed by atoms with Crippen molar-refractivity contribution in [1.29, 1.82) is 0 Å². The van der Waals surface area contributed by atoms with Gasteiger partial charge in [-0.1, -0.05) is 20.6 Å². The van der Waals surface area contributed by atoms with Crippen LogP contribution in [0.1, 0.15) is 44.0 Å². The monoisotopic (exact) mass is 246 g/mol. The molecule has 0 aliphatic carbocycles. The number of nitrogens with two attached hydrogens (primary N) is 1. The molecule has 1 rings (SSSR count). The standard InChI is InChI=1S/C14H23NO2/c1-14(2,3)11-9-12(16-4)10(6-7-15)8-13(11)17-5/h8-9H,6-7,15H2,1-5H3/i1D3,2D3,3D3. The summed E-state index contributed by atoms with van der Waals surface area (Å²) < 4.78 is 80.7. The third-order valence-electron chi connectivity index (χ3n) is 2.42. The molecule has 1 aromatic carbocycles. The van der Waals surface area contributed by atoms with Gasteiger partial charge in [0.1, 0.15) is 11.5 Å². The molecule has 0 aromatic heterocycles. The van der Waals surface area contributed by atoms with Gasteiger partial charge in [-0.15, -0.1) is 0 Å². The van der Waals surface area contributed by atoms with Crippen molar-refractivity contribution >= 4 is 0 Å². The number of hydrogen-bond donors (Lipinski definition) is 1. The minimum absolute atomic E-state index is 0.147. The second-order valence-electron chi connectivity index (χ2n) is 3.65. The molecule has 2 N–H and O–H groups in total. The van der Waals surface area contributed by atoms with Crippen LogP contribution in [0.25, 0.3) is 0 Å². The Morgan fingerprint density at radius 1 is 1.18 bits per heavy atom. The van der Waals surface area contributed by atoms with E-state index in [4.69, 9.17) is 27.5 Å². The van der Waals surface area contributed by atoms with Crippen LogP contribution < -0.4 is 15.2 Å². The zero-order valence-corrected chi connectivity index (χ0v) is 9.96. The van der Waals surface area contributed by atoms with Gasteiger partial charge in [-0.3, -0.25) is 0 Å². The predicted molar refractivity (Wildman–Crippen MR) is 71.0 cm³/mol. The van der Waals surface area contributed by atoms with Crippen LogP contribution in [-0.2, 0) is 11.8 Å². The average Bonchev–Trinajstić information content (AvgIpc) is 2.44. The second kappa shape index (κ2) is 5.41. The molecule has 1 aromatic rings. The van der Waals surface area contributed by atoms with E-state index in [1.807, 2.05) is 0 Å². The molecule has 0 radical (unpaired) electrons. The lowest BCUT2D eigenvalue weighted by molar-refractivity contribution is 0.385. The third-order valence-corrected chi connectivity index (χ3v) is 2.42. The molecule has 0 aliphatic heterocycles. The summed E-state index contributed by atoms with van der Waals surface area (Å²) in [4.78, 5) is 0. The highest BCUT2D eigenvalue weighted by molar-refractivity contribution is 5.49. The molecule has 0 saturated carbocycles. The summed E-state index contributed by atoms with van der Waals surface area (Å²) in [5.41, 5.74) is 2.45. The van der Waals surface area contributed by atoms with Gasteiger partial charge in [0.2, 0.25) is 0 Å². The molecule has 3 nitrogen and oxygen atoms in total. The van der Waals surface area contributed by atoms with Gasteiger partial charge in [0.25, 0.3) is 0 Å². The van der Waals surface area contributed by atoms with E-state index >= 15 is 0 Å². The fourth-order valence-corrected chi connectivity index (χ4v) is 1.60. The van der Waals surface area contributed by atoms with E-state index in [2.05, 4.69) is 0 Å². The van der Waals surface area contributed by atoms with Gasteiger partial charge < -0.3 is 15.2 Å². The normalized spacial score (nSPS) is 21.5. The summed E-state index contributed by atoms with van der Waals surface area (Å²) in [6.45, 7) is -9.88. The van der Waals surface area contributed by atoms with Crippen molar-refractivity contribution in [2.24, 2.45) is 5.73 Å². The molecule has 0 saturated heterocycles. The summed E-state index contributed by atoms with van der Waals surface area (Å²) in [5.74, 6) is -0.00833. The first kappa shape index (κ1) is 5.61. The van der Waals surface area contributed by atoms with Crippen LogP contribution in [0, 0.1) is 0 Å². The van der Waals surface area contributed by atoms with E-state index in [1.165, 1.54) is 20.3 Å². The molecule has 0 amide bonds. The number of hydrogen-bond acceptors (Lipinski definition) is 3. The fourth-order valence-electron chi connectivity index (χ4n) is 1.60. The second-order valence-corrected chi connectivity index (χ2v) is 3.65. The van der Waals surface area contributed by atoms with Gasteiger partial charge in [0, 0.05) is 17.9 Å². The zero-order chi connectivity index (χ0) is 20.6. The van der Waals surface area contributed by atoms with Crippen molar-refractivity contribution in [3.8, 4) is 11.5 Å². The highest BCUT2D eigenvalue weighted by atomic mass is 16.5. The van der Waals surface area contributed by atoms with E-state index in [9.17, 15) is 0 Å². The first-order chi connectivity index (χ1) is 11.7. The van der Waals surface area contributed by atoms with Crippen molar-refractivity contribution in [3.63, 3.8) is 0 Å². The van der Waals surface area contributed by atoms with E-state index in [0.29, 0.717) is 12.0 Å². The highest BCUT2D eigenvalue weighted by Gasteiger charge is 2.21. The van der Waals surface area contributed by atoms with Crippen molar-refractivity contribution in [3.05, 3.63) is 23.3 Å². The van der Waals surface area contributed by atoms with E-state index in [0.717, 1.165) is 6.07 Å². The molecule has 0 fully saturated rings. The van der Waals surface area contributed by atoms with Crippen LogP contribution in [0.3, 0.4) is 0 Å². The van der Waals surface area contributed by atoms with E-state index < -0.39 is 31.5 Å². The largest absolute Gasteiger partial charge is 0.496 e. The van der Waals surface area contributed by atoms with Gasteiger partial charge in [-0.25, -0.2) is 0 Å². The molecule has 96 valence electrons. The molecule has 0 spiro atoms. The van der Waals surface area contributed by atoms with Crippen LogP contribution in [-0.4, -0.2) is 20.8 Å². The smallest absolute Gasteiger partial charge is 0.123 e. The number of benzene rings is 1. The fraction of sp³-hybridized carbons (Fsp3) is 0.571. The maximum Gasteiger partial charge on any atom is 0.123 e. The van der Waals surface area contributed by atoms with Crippen LogP contribution >= 0.6 is 0 Å². The van der Waals surface area contributed by atoms with Gasteiger partial charge in [-0.2, -0.15) is 0 Å². The molecule has 0 atom stereocenters. The Labute approximate surface area is 117 Å². The molecule has 0 bridgehead atoms. The van der Waals surface area contributed by atoms with Crippen molar-refractivity contribution in [1.82, 2.24) is 0 Å². The van der Waals surface area contributed by atoms with Crippen molar-refractivity contribution < 1.29 is 21.8 Å². The minimum Gasteiger partial charge on any atom is -0.496 e. The molecule has 0 aliphatic rings. The first-order valence-corrected chi connectivity index (χ1v) is 5.14. The summed E-state index contributed by atoms with van der Waals surface area (Å²) in [7, 11) is 2.52. The van der Waals surface area contributed by atoms with Gasteiger partial charge in [0.05, 0.1) is 14.2 Å². The lowest BCUT2D eigenvalue weighted by atomic mass is 9.85. The molecule has 0 heterocycles. The third kappa shape index (κ3) is 3.13. The Kier molecular flexibility index (Phi) is 1.79. The van der Waals surface area contributed by atoms with Crippen molar-refractivity contribution in [2.45, 2.75) is 32.4 Å². The van der Waals surface area contributed by atoms with Crippen LogP contribution in [0.4, 0.5) is 0 Å². The van der Waals surface area contributed by atoms with Gasteiger partial charge in [0.15, 0.2) is 0 Å². The van der Waals surface area contributed by atoms with Crippen molar-refractivity contribution in [2.75, 3.05) is 20.8 Å². The lowest BCUT2D eigenvalue weighted by Crippen LogP contribution is -2.14. The topological polar surface area (TPSA) is 44.5 Å². The summed E-state index contributed by atoms with van der Waals surface area (Å²) in [6, 6.07) is 2.49. The van der Waals surface area contributed by atoms with Crippen LogP contribution in [0.15, 0.2) is 12.1 Å². The van der Waals surface area contributed by atoms with Gasteiger partial charge >= 0.3 is 0 Å². The first-order valence-electron chi connectivity index (χ1n) is 9.64. The highest BCUT2D eigenvalue weighted by Crippen LogP contribution is 2.36. The SMILES string of the molecule is [2H]C([2H])([2H])C(c1cc(OC)c(CCN)cc1OC)(C([2H])([2H])[2H])C([2H])([2H])[2H]. The molecule has 0 unspecified atom stereocenters. The van der Waals surface area contributed by atoms with E-state index in [-0.39, 0.29) is 18.0 Å². The average molecular weight is 246 g/mol. The Balaban J connectivity index is 4.05. The zero-order valence-electron chi connectivity index (χ0n) is 19.0. The number of rotatable bonds is 4. The maximum absolute atomic E-state index is 7.82. The van der Waals surface area contributed by atoms with E-state index in [1.54, 1.807) is 0 Å². The summed E-state index contributed by atoms with van der Waals surface area (Å²) in [6.07, 6.45) is 0.349. The molecule has 17 heavy (non-hydrogen) atoms. The number of ether oxygens (including phenoxy) is 2. The molecular formula is C14H23NO2. The Bertz CT molecular complexity index is 599. The summed E-state index contributed by atoms with van der Waals surface area (Å²) in [5, 5.41) is 0. The van der Waals surface area contributed by atoms with Crippen LogP contribution in [0.2, 0.25) is 0 Å². The number of methoxy groups -OCH3 is 2. The molecular weight excluding hydrogens is 214 g/mol. The Morgan fingerprint density at radius 3 is 2.29 bits per heavy atom. The lowest BCUT2D eigenvalue weighted by Gasteiger charge is -2.24. The minimum atomic E-state index is -3.38. The van der Waals surface area contributed by atoms with Crippen LogP contribution in [0.5, 0.6) is 11.5 Å². The Hall–Kier alpha value is -1.22. The quantitative estimate of drug-likeness (QED) is 0.888. The summed E-state index contributed by atoms with van der Waals surface area (Å²) >= 11 is 0. The predicted octanol–water partition coefficient (Wildman–Crippen LogP) is 2.50. The maximum atomic E-state index is 7.82.